The van der Waals surface area contributed by atoms with E-state index in [0.717, 1.165) is 6.42 Å². The lowest BCUT2D eigenvalue weighted by Gasteiger charge is -2.20. The van der Waals surface area contributed by atoms with Gasteiger partial charge in [0.1, 0.15) is 0 Å². The van der Waals surface area contributed by atoms with E-state index in [1.54, 1.807) is 0 Å². The Labute approximate surface area is 104 Å². The fourth-order valence-corrected chi connectivity index (χ4v) is 2.07. The molecule has 0 aliphatic heterocycles. The van der Waals surface area contributed by atoms with Crippen LogP contribution in [0.25, 0.3) is 0 Å². The minimum atomic E-state index is -0.700. The zero-order chi connectivity index (χ0) is 13.0. The lowest BCUT2D eigenvalue weighted by molar-refractivity contribution is -0.138. The number of benzene rings is 1. The van der Waals surface area contributed by atoms with Crippen molar-refractivity contribution in [3.8, 4) is 0 Å². The Morgan fingerprint density at radius 3 is 2.47 bits per heavy atom. The topological polar surface area (TPSA) is 37.3 Å². The minimum absolute atomic E-state index is 0.216. The Kier molecular flexibility index (Phi) is 4.73. The number of hydrogen-bond acceptors (Lipinski definition) is 1. The summed E-state index contributed by atoms with van der Waals surface area (Å²) in [5.74, 6) is -0.0898. The van der Waals surface area contributed by atoms with Gasteiger partial charge in [0, 0.05) is 6.42 Å². The molecule has 0 aliphatic rings. The van der Waals surface area contributed by atoms with Crippen LogP contribution in [0, 0.1) is 25.7 Å². The summed E-state index contributed by atoms with van der Waals surface area (Å²) in [4.78, 5) is 10.9. The van der Waals surface area contributed by atoms with Gasteiger partial charge in [-0.3, -0.25) is 4.79 Å². The van der Waals surface area contributed by atoms with E-state index in [1.165, 1.54) is 16.7 Å². The molecule has 0 saturated heterocycles. The summed E-state index contributed by atoms with van der Waals surface area (Å²) >= 11 is 0. The summed E-state index contributed by atoms with van der Waals surface area (Å²) in [6.07, 6.45) is 1.11. The van der Waals surface area contributed by atoms with Crippen LogP contribution in [0.3, 0.4) is 0 Å². The van der Waals surface area contributed by atoms with E-state index in [9.17, 15) is 4.79 Å². The van der Waals surface area contributed by atoms with Crippen molar-refractivity contribution in [2.24, 2.45) is 11.8 Å². The molecule has 1 aromatic rings. The summed E-state index contributed by atoms with van der Waals surface area (Å²) in [6, 6.07) is 6.38. The van der Waals surface area contributed by atoms with Crippen LogP contribution in [0.4, 0.5) is 0 Å². The van der Waals surface area contributed by atoms with Crippen molar-refractivity contribution < 1.29 is 9.90 Å². The number of aliphatic carboxylic acids is 1. The largest absolute Gasteiger partial charge is 0.481 e. The van der Waals surface area contributed by atoms with Crippen LogP contribution >= 0.6 is 0 Å². The summed E-state index contributed by atoms with van der Waals surface area (Å²) < 4.78 is 0. The first-order chi connectivity index (χ1) is 7.90. The van der Waals surface area contributed by atoms with Crippen LogP contribution in [0.1, 0.15) is 37.0 Å². The van der Waals surface area contributed by atoms with Crippen LogP contribution in [0.2, 0.25) is 0 Å². The zero-order valence-electron chi connectivity index (χ0n) is 11.2. The molecule has 0 amide bonds. The fourth-order valence-electron chi connectivity index (χ4n) is 2.07. The number of carbonyl (C=O) groups is 1. The number of carboxylic acid groups (broad SMARTS) is 1. The molecular weight excluding hydrogens is 212 g/mol. The van der Waals surface area contributed by atoms with E-state index < -0.39 is 5.97 Å². The molecule has 2 heteroatoms. The second-order valence-electron chi connectivity index (χ2n) is 5.24. The average Bonchev–Trinajstić information content (AvgIpc) is 2.21. The van der Waals surface area contributed by atoms with Crippen LogP contribution in [-0.4, -0.2) is 11.1 Å². The zero-order valence-corrected chi connectivity index (χ0v) is 11.2. The molecule has 94 valence electrons. The van der Waals surface area contributed by atoms with Crippen LogP contribution in [-0.2, 0) is 11.2 Å². The van der Waals surface area contributed by atoms with Gasteiger partial charge in [0.15, 0.2) is 0 Å². The minimum Gasteiger partial charge on any atom is -0.481 e. The predicted molar refractivity (Wildman–Crippen MR) is 70.2 cm³/mol. The highest BCUT2D eigenvalue weighted by atomic mass is 16.4. The molecule has 1 unspecified atom stereocenters. The van der Waals surface area contributed by atoms with Gasteiger partial charge in [-0.2, -0.15) is 0 Å². The number of hydrogen-bond donors (Lipinski definition) is 1. The maximum absolute atomic E-state index is 10.9. The molecule has 2 nitrogen and oxygen atoms in total. The molecule has 0 bridgehead atoms. The maximum Gasteiger partial charge on any atom is 0.303 e. The van der Waals surface area contributed by atoms with E-state index >= 15 is 0 Å². The van der Waals surface area contributed by atoms with E-state index in [4.69, 9.17) is 5.11 Å². The smallest absolute Gasteiger partial charge is 0.303 e. The van der Waals surface area contributed by atoms with Gasteiger partial charge in [-0.15, -0.1) is 0 Å². The molecular formula is C15H22O2. The third-order valence-electron chi connectivity index (χ3n) is 3.37. The van der Waals surface area contributed by atoms with Crippen molar-refractivity contribution in [1.82, 2.24) is 0 Å². The third-order valence-corrected chi connectivity index (χ3v) is 3.37. The fraction of sp³-hybridized carbons (Fsp3) is 0.533. The number of carboxylic acids is 1. The lowest BCUT2D eigenvalue weighted by atomic mass is 9.85. The van der Waals surface area contributed by atoms with E-state index in [0.29, 0.717) is 5.92 Å². The molecule has 0 aromatic heterocycles. The maximum atomic E-state index is 10.9. The normalized spacial score (nSPS) is 12.8. The summed E-state index contributed by atoms with van der Waals surface area (Å²) in [5.41, 5.74) is 3.78. The van der Waals surface area contributed by atoms with Crippen LogP contribution in [0.15, 0.2) is 18.2 Å². The van der Waals surface area contributed by atoms with Gasteiger partial charge >= 0.3 is 5.97 Å². The Hall–Kier alpha value is -1.31. The predicted octanol–water partition coefficient (Wildman–Crippen LogP) is 3.59. The first-order valence-corrected chi connectivity index (χ1v) is 6.18. The summed E-state index contributed by atoms with van der Waals surface area (Å²) in [6.45, 7) is 8.36. The monoisotopic (exact) mass is 234 g/mol. The van der Waals surface area contributed by atoms with Gasteiger partial charge in [-0.25, -0.2) is 0 Å². The molecule has 1 N–H and O–H groups in total. The molecule has 0 radical (unpaired) electrons. The van der Waals surface area contributed by atoms with E-state index in [1.807, 2.05) is 0 Å². The highest BCUT2D eigenvalue weighted by Gasteiger charge is 2.18. The Bertz CT molecular complexity index is 394. The van der Waals surface area contributed by atoms with Crippen LogP contribution < -0.4 is 0 Å². The molecule has 1 rings (SSSR count). The molecule has 0 fully saturated rings. The second-order valence-corrected chi connectivity index (χ2v) is 5.24. The molecule has 0 saturated carbocycles. The van der Waals surface area contributed by atoms with Crippen molar-refractivity contribution >= 4 is 5.97 Å². The average molecular weight is 234 g/mol. The van der Waals surface area contributed by atoms with Gasteiger partial charge in [0.25, 0.3) is 0 Å². The van der Waals surface area contributed by atoms with Gasteiger partial charge in [-0.1, -0.05) is 37.6 Å². The van der Waals surface area contributed by atoms with Crippen molar-refractivity contribution in [2.75, 3.05) is 0 Å². The quantitative estimate of drug-likeness (QED) is 0.845. The highest BCUT2D eigenvalue weighted by Crippen LogP contribution is 2.23. The molecule has 0 aliphatic carbocycles. The Balaban J connectivity index is 2.85. The second kappa shape index (κ2) is 5.85. The van der Waals surface area contributed by atoms with Crippen molar-refractivity contribution in [3.63, 3.8) is 0 Å². The summed E-state index contributed by atoms with van der Waals surface area (Å²) in [5, 5.41) is 8.93. The van der Waals surface area contributed by atoms with E-state index in [-0.39, 0.29) is 12.3 Å². The molecule has 0 spiro atoms. The van der Waals surface area contributed by atoms with Crippen molar-refractivity contribution in [2.45, 2.75) is 40.5 Å². The van der Waals surface area contributed by atoms with E-state index in [2.05, 4.69) is 45.9 Å². The van der Waals surface area contributed by atoms with Crippen molar-refractivity contribution in [3.05, 3.63) is 34.9 Å². The lowest BCUT2D eigenvalue weighted by Crippen LogP contribution is -2.17. The Morgan fingerprint density at radius 2 is 1.94 bits per heavy atom. The standard InChI is InChI=1S/C15H22O2/c1-10(2)13(9-15(16)17)8-14-7-11(3)5-6-12(14)4/h5-7,10,13H,8-9H2,1-4H3,(H,16,17). The van der Waals surface area contributed by atoms with Gasteiger partial charge in [0.2, 0.25) is 0 Å². The molecule has 1 atom stereocenters. The van der Waals surface area contributed by atoms with Crippen LogP contribution in [0.5, 0.6) is 0 Å². The third kappa shape index (κ3) is 4.22. The molecule has 1 aromatic carbocycles. The summed E-state index contributed by atoms with van der Waals surface area (Å²) in [7, 11) is 0. The first kappa shape index (κ1) is 13.8. The highest BCUT2D eigenvalue weighted by molar-refractivity contribution is 5.67. The van der Waals surface area contributed by atoms with Gasteiger partial charge < -0.3 is 5.11 Å². The SMILES string of the molecule is Cc1ccc(C)c(CC(CC(=O)O)C(C)C)c1. The molecule has 0 heterocycles. The number of aryl methyl sites for hydroxylation is 2. The molecule has 17 heavy (non-hydrogen) atoms. The van der Waals surface area contributed by atoms with Gasteiger partial charge in [0.05, 0.1) is 0 Å². The van der Waals surface area contributed by atoms with Gasteiger partial charge in [-0.05, 0) is 43.2 Å². The first-order valence-electron chi connectivity index (χ1n) is 6.18. The Morgan fingerprint density at radius 1 is 1.29 bits per heavy atom. The van der Waals surface area contributed by atoms with Crippen molar-refractivity contribution in [1.29, 1.82) is 0 Å². The number of rotatable bonds is 5.